The number of hydrogen-bond donors (Lipinski definition) is 2. The first-order chi connectivity index (χ1) is 7.27. The summed E-state index contributed by atoms with van der Waals surface area (Å²) in [7, 11) is 0. The minimum atomic E-state index is 0.157. The smallest absolute Gasteiger partial charge is 0.223 e. The number of aliphatic hydroxyl groups is 1. The number of carbonyl (C=O) groups is 1. The van der Waals surface area contributed by atoms with Crippen LogP contribution in [0.4, 0.5) is 0 Å². The molecular formula is C11H22N2O2. The number of amides is 1. The van der Waals surface area contributed by atoms with Gasteiger partial charge in [0.2, 0.25) is 5.91 Å². The van der Waals surface area contributed by atoms with Crippen LogP contribution in [-0.4, -0.2) is 48.2 Å². The molecule has 15 heavy (non-hydrogen) atoms. The van der Waals surface area contributed by atoms with Crippen LogP contribution in [0.2, 0.25) is 0 Å². The van der Waals surface area contributed by atoms with Gasteiger partial charge in [0.1, 0.15) is 0 Å². The summed E-state index contributed by atoms with van der Waals surface area (Å²) in [5, 5.41) is 12.0. The fraction of sp³-hybridized carbons (Fsp3) is 0.909. The van der Waals surface area contributed by atoms with Gasteiger partial charge in [0.05, 0.1) is 0 Å². The highest BCUT2D eigenvalue weighted by atomic mass is 16.3. The molecule has 0 bridgehead atoms. The van der Waals surface area contributed by atoms with E-state index in [9.17, 15) is 4.79 Å². The van der Waals surface area contributed by atoms with Gasteiger partial charge in [0.25, 0.3) is 0 Å². The van der Waals surface area contributed by atoms with Crippen molar-refractivity contribution in [2.24, 2.45) is 0 Å². The monoisotopic (exact) mass is 214 g/mol. The van der Waals surface area contributed by atoms with Gasteiger partial charge in [-0.3, -0.25) is 4.79 Å². The van der Waals surface area contributed by atoms with Crippen molar-refractivity contribution in [3.05, 3.63) is 0 Å². The molecular weight excluding hydrogens is 192 g/mol. The third-order valence-corrected chi connectivity index (χ3v) is 2.67. The number of nitrogens with one attached hydrogen (secondary N) is 1. The second-order valence-corrected chi connectivity index (χ2v) is 4.03. The van der Waals surface area contributed by atoms with Gasteiger partial charge >= 0.3 is 0 Å². The third kappa shape index (κ3) is 5.14. The topological polar surface area (TPSA) is 52.6 Å². The van der Waals surface area contributed by atoms with Crippen molar-refractivity contribution in [3.63, 3.8) is 0 Å². The zero-order valence-corrected chi connectivity index (χ0v) is 9.54. The molecule has 4 nitrogen and oxygen atoms in total. The van der Waals surface area contributed by atoms with Gasteiger partial charge in [-0.1, -0.05) is 0 Å². The number of nitrogens with zero attached hydrogens (tertiary/aromatic N) is 1. The lowest BCUT2D eigenvalue weighted by molar-refractivity contribution is -0.131. The molecule has 0 aromatic rings. The van der Waals surface area contributed by atoms with Crippen LogP contribution >= 0.6 is 0 Å². The Morgan fingerprint density at radius 2 is 2.27 bits per heavy atom. The molecule has 1 aliphatic rings. The highest BCUT2D eigenvalue weighted by molar-refractivity contribution is 5.76. The molecule has 1 fully saturated rings. The van der Waals surface area contributed by atoms with Gasteiger partial charge in [-0.15, -0.1) is 0 Å². The molecule has 0 heterocycles. The summed E-state index contributed by atoms with van der Waals surface area (Å²) >= 11 is 0. The Labute approximate surface area is 91.6 Å². The van der Waals surface area contributed by atoms with Gasteiger partial charge in [-0.05, 0) is 26.2 Å². The molecule has 2 N–H and O–H groups in total. The van der Waals surface area contributed by atoms with E-state index in [4.69, 9.17) is 5.11 Å². The summed E-state index contributed by atoms with van der Waals surface area (Å²) < 4.78 is 0. The van der Waals surface area contributed by atoms with Crippen LogP contribution in [0.25, 0.3) is 0 Å². The van der Waals surface area contributed by atoms with Crippen molar-refractivity contribution in [3.8, 4) is 0 Å². The lowest BCUT2D eigenvalue weighted by Gasteiger charge is -2.20. The molecule has 1 saturated carbocycles. The number of hydrogen-bond acceptors (Lipinski definition) is 3. The van der Waals surface area contributed by atoms with E-state index in [0.717, 1.165) is 13.1 Å². The van der Waals surface area contributed by atoms with Gasteiger partial charge in [-0.25, -0.2) is 0 Å². The van der Waals surface area contributed by atoms with Gasteiger partial charge in [0.15, 0.2) is 0 Å². The van der Waals surface area contributed by atoms with E-state index >= 15 is 0 Å². The highest BCUT2D eigenvalue weighted by Gasteiger charge is 2.20. The van der Waals surface area contributed by atoms with Gasteiger partial charge in [-0.2, -0.15) is 0 Å². The van der Waals surface area contributed by atoms with Crippen LogP contribution in [0.15, 0.2) is 0 Å². The SMILES string of the molecule is CCN(CCCO)C(=O)CCNC1CC1. The Morgan fingerprint density at radius 1 is 1.53 bits per heavy atom. The quantitative estimate of drug-likeness (QED) is 0.613. The Balaban J connectivity index is 2.10. The molecule has 0 atom stereocenters. The summed E-state index contributed by atoms with van der Waals surface area (Å²) in [5.41, 5.74) is 0. The fourth-order valence-electron chi connectivity index (χ4n) is 1.55. The number of rotatable bonds is 8. The van der Waals surface area contributed by atoms with Crippen molar-refractivity contribution in [2.75, 3.05) is 26.2 Å². The van der Waals surface area contributed by atoms with E-state index in [1.807, 2.05) is 11.8 Å². The maximum Gasteiger partial charge on any atom is 0.223 e. The lowest BCUT2D eigenvalue weighted by atomic mass is 10.3. The molecule has 1 amide bonds. The van der Waals surface area contributed by atoms with Crippen molar-refractivity contribution in [1.82, 2.24) is 10.2 Å². The molecule has 4 heteroatoms. The summed E-state index contributed by atoms with van der Waals surface area (Å²) in [4.78, 5) is 13.5. The summed E-state index contributed by atoms with van der Waals surface area (Å²) in [6, 6.07) is 0.672. The van der Waals surface area contributed by atoms with Crippen molar-refractivity contribution < 1.29 is 9.90 Å². The first kappa shape index (κ1) is 12.5. The Morgan fingerprint density at radius 3 is 2.80 bits per heavy atom. The van der Waals surface area contributed by atoms with Crippen LogP contribution in [0.5, 0.6) is 0 Å². The molecule has 0 aromatic carbocycles. The fourth-order valence-corrected chi connectivity index (χ4v) is 1.55. The first-order valence-corrected chi connectivity index (χ1v) is 5.90. The Hall–Kier alpha value is -0.610. The zero-order chi connectivity index (χ0) is 11.1. The largest absolute Gasteiger partial charge is 0.396 e. The molecule has 0 spiro atoms. The predicted octanol–water partition coefficient (Wildman–Crippen LogP) is 0.359. The van der Waals surface area contributed by atoms with Crippen LogP contribution in [-0.2, 0) is 4.79 Å². The Bertz CT molecular complexity index is 193. The van der Waals surface area contributed by atoms with Crippen LogP contribution in [0.3, 0.4) is 0 Å². The zero-order valence-electron chi connectivity index (χ0n) is 9.54. The molecule has 0 unspecified atom stereocenters. The van der Waals surface area contributed by atoms with Crippen LogP contribution in [0, 0.1) is 0 Å². The molecule has 0 radical (unpaired) electrons. The summed E-state index contributed by atoms with van der Waals surface area (Å²) in [5.74, 6) is 0.194. The summed E-state index contributed by atoms with van der Waals surface area (Å²) in [6.45, 7) is 4.34. The average molecular weight is 214 g/mol. The molecule has 1 rings (SSSR count). The molecule has 88 valence electrons. The minimum Gasteiger partial charge on any atom is -0.396 e. The maximum atomic E-state index is 11.7. The number of aliphatic hydroxyl groups excluding tert-OH is 1. The average Bonchev–Trinajstić information content (AvgIpc) is 3.03. The molecule has 0 aliphatic heterocycles. The van der Waals surface area contributed by atoms with Crippen molar-refractivity contribution in [1.29, 1.82) is 0 Å². The maximum absolute atomic E-state index is 11.7. The standard InChI is InChI=1S/C11H22N2O2/c1-2-13(8-3-9-14)11(15)6-7-12-10-4-5-10/h10,12,14H,2-9H2,1H3. The predicted molar refractivity (Wildman–Crippen MR) is 59.6 cm³/mol. The van der Waals surface area contributed by atoms with Crippen LogP contribution in [0.1, 0.15) is 32.6 Å². The highest BCUT2D eigenvalue weighted by Crippen LogP contribution is 2.18. The Kier molecular flexibility index (Phi) is 5.65. The third-order valence-electron chi connectivity index (χ3n) is 2.67. The van der Waals surface area contributed by atoms with Crippen LogP contribution < -0.4 is 5.32 Å². The molecule has 1 aliphatic carbocycles. The van der Waals surface area contributed by atoms with E-state index in [-0.39, 0.29) is 12.5 Å². The minimum absolute atomic E-state index is 0.157. The molecule has 0 saturated heterocycles. The molecule has 0 aromatic heterocycles. The van der Waals surface area contributed by atoms with Crippen molar-refractivity contribution >= 4 is 5.91 Å². The first-order valence-electron chi connectivity index (χ1n) is 5.90. The lowest BCUT2D eigenvalue weighted by Crippen LogP contribution is -2.34. The van der Waals surface area contributed by atoms with E-state index in [2.05, 4.69) is 5.32 Å². The van der Waals surface area contributed by atoms with E-state index in [1.54, 1.807) is 0 Å². The van der Waals surface area contributed by atoms with Gasteiger partial charge < -0.3 is 15.3 Å². The van der Waals surface area contributed by atoms with Crippen molar-refractivity contribution in [2.45, 2.75) is 38.6 Å². The second kappa shape index (κ2) is 6.80. The number of carbonyl (C=O) groups excluding carboxylic acids is 1. The normalized spacial score (nSPS) is 15.3. The van der Waals surface area contributed by atoms with E-state index in [0.29, 0.717) is 25.4 Å². The summed E-state index contributed by atoms with van der Waals surface area (Å²) in [6.07, 6.45) is 3.78. The van der Waals surface area contributed by atoms with E-state index in [1.165, 1.54) is 12.8 Å². The second-order valence-electron chi connectivity index (χ2n) is 4.03. The van der Waals surface area contributed by atoms with Gasteiger partial charge in [0, 0.05) is 38.7 Å². The van der Waals surface area contributed by atoms with E-state index < -0.39 is 0 Å².